The van der Waals surface area contributed by atoms with Crippen LogP contribution in [0.25, 0.3) is 0 Å². The van der Waals surface area contributed by atoms with Crippen molar-refractivity contribution >= 4 is 0 Å². The lowest BCUT2D eigenvalue weighted by molar-refractivity contribution is -0.162. The van der Waals surface area contributed by atoms with Crippen LogP contribution in [-0.4, -0.2) is 22.4 Å². The Balaban J connectivity index is 2.31. The minimum absolute atomic E-state index is 0.0569. The highest BCUT2D eigenvalue weighted by molar-refractivity contribution is 5.04. The van der Waals surface area contributed by atoms with Crippen molar-refractivity contribution in [3.05, 3.63) is 0 Å². The van der Waals surface area contributed by atoms with E-state index in [0.29, 0.717) is 5.92 Å². The Bertz CT molecular complexity index is 261. The van der Waals surface area contributed by atoms with E-state index in [0.717, 1.165) is 18.8 Å². The third-order valence-electron chi connectivity index (χ3n) is 5.60. The van der Waals surface area contributed by atoms with Gasteiger partial charge in [0.05, 0.1) is 5.60 Å². The van der Waals surface area contributed by atoms with Gasteiger partial charge in [-0.25, -0.2) is 0 Å². The number of aliphatic hydroxyl groups excluding tert-OH is 1. The molecule has 0 aromatic carbocycles. The minimum Gasteiger partial charge on any atom is -0.396 e. The molecular formula is C14H26O2. The van der Waals surface area contributed by atoms with Crippen LogP contribution in [0.3, 0.4) is 0 Å². The van der Waals surface area contributed by atoms with Gasteiger partial charge in [-0.3, -0.25) is 0 Å². The molecule has 0 aromatic rings. The SMILES string of the molecule is C[C@H]1CCC[C@@]2(C)C1CC[C@@](C)(O)[C@@H]2CO. The van der Waals surface area contributed by atoms with Crippen molar-refractivity contribution in [2.45, 2.75) is 58.5 Å². The average Bonchev–Trinajstić information content (AvgIpc) is 2.15. The molecule has 0 amide bonds. The monoisotopic (exact) mass is 226 g/mol. The summed E-state index contributed by atoms with van der Waals surface area (Å²) in [7, 11) is 0. The first kappa shape index (κ1) is 12.4. The summed E-state index contributed by atoms with van der Waals surface area (Å²) < 4.78 is 0. The summed E-state index contributed by atoms with van der Waals surface area (Å²) in [6.45, 7) is 6.68. The highest BCUT2D eigenvalue weighted by atomic mass is 16.3. The Hall–Kier alpha value is -0.0800. The van der Waals surface area contributed by atoms with Crippen LogP contribution in [0.4, 0.5) is 0 Å². The fourth-order valence-electron chi connectivity index (χ4n) is 4.63. The Labute approximate surface area is 99.1 Å². The Morgan fingerprint density at radius 2 is 1.88 bits per heavy atom. The molecular weight excluding hydrogens is 200 g/mol. The quantitative estimate of drug-likeness (QED) is 0.721. The minimum atomic E-state index is -0.670. The molecule has 2 N–H and O–H groups in total. The van der Waals surface area contributed by atoms with Crippen LogP contribution in [0, 0.1) is 23.2 Å². The second-order valence-electron chi connectivity index (χ2n) is 6.61. The van der Waals surface area contributed by atoms with Gasteiger partial charge in [0.2, 0.25) is 0 Å². The summed E-state index contributed by atoms with van der Waals surface area (Å²) >= 11 is 0. The zero-order chi connectivity index (χ0) is 12.0. The summed E-state index contributed by atoms with van der Waals surface area (Å²) in [5, 5.41) is 20.1. The molecule has 0 radical (unpaired) electrons. The lowest BCUT2D eigenvalue weighted by Crippen LogP contribution is -2.56. The molecule has 0 heterocycles. The molecule has 16 heavy (non-hydrogen) atoms. The maximum atomic E-state index is 10.5. The van der Waals surface area contributed by atoms with Gasteiger partial charge < -0.3 is 10.2 Å². The van der Waals surface area contributed by atoms with Crippen molar-refractivity contribution in [3.63, 3.8) is 0 Å². The average molecular weight is 226 g/mol. The molecule has 2 aliphatic rings. The van der Waals surface area contributed by atoms with Crippen LogP contribution in [-0.2, 0) is 0 Å². The molecule has 0 bridgehead atoms. The Morgan fingerprint density at radius 3 is 2.50 bits per heavy atom. The third kappa shape index (κ3) is 1.70. The number of hydrogen-bond acceptors (Lipinski definition) is 2. The van der Waals surface area contributed by atoms with Gasteiger partial charge in [0, 0.05) is 12.5 Å². The van der Waals surface area contributed by atoms with Crippen LogP contribution >= 0.6 is 0 Å². The van der Waals surface area contributed by atoms with E-state index >= 15 is 0 Å². The van der Waals surface area contributed by atoms with E-state index in [-0.39, 0.29) is 17.9 Å². The van der Waals surface area contributed by atoms with Crippen LogP contribution in [0.15, 0.2) is 0 Å². The van der Waals surface area contributed by atoms with Gasteiger partial charge in [0.15, 0.2) is 0 Å². The smallest absolute Gasteiger partial charge is 0.0675 e. The van der Waals surface area contributed by atoms with Crippen LogP contribution in [0.5, 0.6) is 0 Å². The van der Waals surface area contributed by atoms with Gasteiger partial charge in [0.1, 0.15) is 0 Å². The molecule has 2 aliphatic carbocycles. The first-order chi connectivity index (χ1) is 7.42. The zero-order valence-corrected chi connectivity index (χ0v) is 10.9. The first-order valence-electron chi connectivity index (χ1n) is 6.75. The summed E-state index contributed by atoms with van der Waals surface area (Å²) in [6, 6.07) is 0. The molecule has 0 saturated heterocycles. The standard InChI is InChI=1S/C14H26O2/c1-10-5-4-7-13(2)11(10)6-8-14(3,16)12(13)9-15/h10-12,15-16H,4-9H2,1-3H3/t10-,11?,12+,13-,14+/m0/s1. The van der Waals surface area contributed by atoms with Crippen LogP contribution in [0.1, 0.15) is 52.9 Å². The second kappa shape index (κ2) is 3.99. The zero-order valence-electron chi connectivity index (χ0n) is 10.9. The van der Waals surface area contributed by atoms with Crippen molar-refractivity contribution in [2.75, 3.05) is 6.61 Å². The fraction of sp³-hybridized carbons (Fsp3) is 1.00. The highest BCUT2D eigenvalue weighted by Crippen LogP contribution is 2.57. The van der Waals surface area contributed by atoms with E-state index in [2.05, 4.69) is 13.8 Å². The largest absolute Gasteiger partial charge is 0.396 e. The van der Waals surface area contributed by atoms with E-state index in [1.165, 1.54) is 19.3 Å². The lowest BCUT2D eigenvalue weighted by Gasteiger charge is -2.57. The summed E-state index contributed by atoms with van der Waals surface area (Å²) in [6.07, 6.45) is 5.72. The fourth-order valence-corrected chi connectivity index (χ4v) is 4.63. The molecule has 5 atom stereocenters. The maximum Gasteiger partial charge on any atom is 0.0675 e. The summed E-state index contributed by atoms with van der Waals surface area (Å²) in [4.78, 5) is 0. The molecule has 2 nitrogen and oxygen atoms in total. The van der Waals surface area contributed by atoms with E-state index in [4.69, 9.17) is 0 Å². The summed E-state index contributed by atoms with van der Waals surface area (Å²) in [5.41, 5.74) is -0.523. The molecule has 0 aromatic heterocycles. The van der Waals surface area contributed by atoms with Gasteiger partial charge in [-0.15, -0.1) is 0 Å². The molecule has 0 spiro atoms. The second-order valence-corrected chi connectivity index (χ2v) is 6.61. The molecule has 1 unspecified atom stereocenters. The van der Waals surface area contributed by atoms with Crippen molar-refractivity contribution < 1.29 is 10.2 Å². The maximum absolute atomic E-state index is 10.5. The molecule has 2 fully saturated rings. The number of fused-ring (bicyclic) bond motifs is 1. The summed E-state index contributed by atoms with van der Waals surface area (Å²) in [5.74, 6) is 1.50. The number of aliphatic hydroxyl groups is 2. The van der Waals surface area contributed by atoms with E-state index in [1.54, 1.807) is 0 Å². The molecule has 94 valence electrons. The lowest BCUT2D eigenvalue weighted by atomic mass is 9.49. The number of hydrogen-bond donors (Lipinski definition) is 2. The Kier molecular flexibility index (Phi) is 3.09. The van der Waals surface area contributed by atoms with Crippen molar-refractivity contribution in [3.8, 4) is 0 Å². The van der Waals surface area contributed by atoms with Gasteiger partial charge in [0.25, 0.3) is 0 Å². The topological polar surface area (TPSA) is 40.5 Å². The molecule has 2 heteroatoms. The van der Waals surface area contributed by atoms with Crippen molar-refractivity contribution in [2.24, 2.45) is 23.2 Å². The third-order valence-corrected chi connectivity index (χ3v) is 5.60. The predicted octanol–water partition coefficient (Wildman–Crippen LogP) is 2.58. The normalized spacial score (nSPS) is 53.4. The predicted molar refractivity (Wildman–Crippen MR) is 65.0 cm³/mol. The Morgan fingerprint density at radius 1 is 1.19 bits per heavy atom. The van der Waals surface area contributed by atoms with Crippen molar-refractivity contribution in [1.29, 1.82) is 0 Å². The van der Waals surface area contributed by atoms with Crippen LogP contribution < -0.4 is 0 Å². The molecule has 0 aliphatic heterocycles. The number of rotatable bonds is 1. The van der Waals surface area contributed by atoms with E-state index in [9.17, 15) is 10.2 Å². The first-order valence-corrected chi connectivity index (χ1v) is 6.75. The van der Waals surface area contributed by atoms with Crippen LogP contribution in [0.2, 0.25) is 0 Å². The van der Waals surface area contributed by atoms with Gasteiger partial charge in [-0.1, -0.05) is 26.7 Å². The van der Waals surface area contributed by atoms with Gasteiger partial charge in [-0.2, -0.15) is 0 Å². The highest BCUT2D eigenvalue weighted by Gasteiger charge is 2.54. The molecule has 2 rings (SSSR count). The van der Waals surface area contributed by atoms with E-state index < -0.39 is 5.60 Å². The van der Waals surface area contributed by atoms with Crippen molar-refractivity contribution in [1.82, 2.24) is 0 Å². The van der Waals surface area contributed by atoms with E-state index in [1.807, 2.05) is 6.92 Å². The van der Waals surface area contributed by atoms with Gasteiger partial charge >= 0.3 is 0 Å². The molecule has 2 saturated carbocycles. The van der Waals surface area contributed by atoms with Gasteiger partial charge in [-0.05, 0) is 43.4 Å².